The van der Waals surface area contributed by atoms with E-state index in [9.17, 15) is 4.79 Å². The van der Waals surface area contributed by atoms with Crippen molar-refractivity contribution in [3.8, 4) is 11.4 Å². The van der Waals surface area contributed by atoms with Gasteiger partial charge in [0, 0.05) is 17.1 Å². The molecule has 0 aliphatic rings. The van der Waals surface area contributed by atoms with Crippen LogP contribution in [-0.4, -0.2) is 17.1 Å². The van der Waals surface area contributed by atoms with Crippen LogP contribution in [0, 0.1) is 10.5 Å². The number of aromatic nitrogens is 2. The summed E-state index contributed by atoms with van der Waals surface area (Å²) in [6, 6.07) is 5.84. The monoisotopic (exact) mass is 434 g/mol. The quantitative estimate of drug-likeness (QED) is 0.754. The maximum absolute atomic E-state index is 11.9. The molecule has 2 aromatic rings. The fourth-order valence-electron chi connectivity index (χ4n) is 1.67. The first kappa shape index (κ1) is 14.7. The number of ether oxygens (including phenoxy) is 1. The second-order valence-corrected chi connectivity index (χ2v) is 6.01. The molecule has 0 atom stereocenters. The maximum Gasteiger partial charge on any atom is 0.264 e. The van der Waals surface area contributed by atoms with E-state index in [0.29, 0.717) is 21.7 Å². The third-order valence-electron chi connectivity index (χ3n) is 2.64. The van der Waals surface area contributed by atoms with Crippen LogP contribution < -0.4 is 5.56 Å². The summed E-state index contributed by atoms with van der Waals surface area (Å²) in [5.74, 6) is 0.563. The summed E-state index contributed by atoms with van der Waals surface area (Å²) in [4.78, 5) is 19.1. The second kappa shape index (κ2) is 6.15. The number of rotatable bonds is 3. The Kier molecular flexibility index (Phi) is 4.75. The Morgan fingerprint density at radius 1 is 1.47 bits per heavy atom. The van der Waals surface area contributed by atoms with Crippen molar-refractivity contribution < 1.29 is 4.74 Å². The van der Waals surface area contributed by atoms with Gasteiger partial charge in [-0.25, -0.2) is 4.98 Å². The number of halogens is 2. The van der Waals surface area contributed by atoms with Gasteiger partial charge in [-0.2, -0.15) is 0 Å². The predicted molar refractivity (Wildman–Crippen MR) is 86.2 cm³/mol. The van der Waals surface area contributed by atoms with Crippen molar-refractivity contribution in [3.63, 3.8) is 0 Å². The lowest BCUT2D eigenvalue weighted by atomic mass is 10.1. The average Bonchev–Trinajstić information content (AvgIpc) is 2.38. The van der Waals surface area contributed by atoms with Crippen molar-refractivity contribution in [2.75, 3.05) is 7.11 Å². The minimum Gasteiger partial charge on any atom is -0.378 e. The number of aryl methyl sites for hydroxylation is 1. The molecule has 0 radical (unpaired) electrons. The molecule has 0 spiro atoms. The first-order valence-corrected chi connectivity index (χ1v) is 7.44. The normalized spacial score (nSPS) is 10.7. The highest BCUT2D eigenvalue weighted by Crippen LogP contribution is 2.22. The molecule has 0 aliphatic heterocycles. The summed E-state index contributed by atoms with van der Waals surface area (Å²) in [7, 11) is 1.59. The molecule has 0 unspecified atom stereocenters. The van der Waals surface area contributed by atoms with Crippen LogP contribution in [0.2, 0.25) is 0 Å². The smallest absolute Gasteiger partial charge is 0.264 e. The molecule has 0 aliphatic carbocycles. The zero-order chi connectivity index (χ0) is 14.0. The van der Waals surface area contributed by atoms with E-state index < -0.39 is 0 Å². The van der Waals surface area contributed by atoms with Gasteiger partial charge in [-0.3, -0.25) is 4.79 Å². The number of nitrogens with zero attached hydrogens (tertiary/aromatic N) is 1. The molecule has 6 heteroatoms. The Morgan fingerprint density at radius 2 is 2.21 bits per heavy atom. The molecule has 4 nitrogen and oxygen atoms in total. The lowest BCUT2D eigenvalue weighted by molar-refractivity contribution is 0.180. The van der Waals surface area contributed by atoms with E-state index in [-0.39, 0.29) is 5.56 Å². The van der Waals surface area contributed by atoms with E-state index in [2.05, 4.69) is 25.9 Å². The maximum atomic E-state index is 11.9. The molecule has 100 valence electrons. The number of aromatic amines is 1. The highest BCUT2D eigenvalue weighted by Gasteiger charge is 2.10. The molecule has 0 fully saturated rings. The number of benzene rings is 1. The summed E-state index contributed by atoms with van der Waals surface area (Å²) in [5.41, 5.74) is 2.49. The van der Waals surface area contributed by atoms with Crippen LogP contribution in [0.15, 0.2) is 27.5 Å². The van der Waals surface area contributed by atoms with Crippen LogP contribution in [0.1, 0.15) is 11.3 Å². The van der Waals surface area contributed by atoms with E-state index in [0.717, 1.165) is 15.6 Å². The van der Waals surface area contributed by atoms with Crippen LogP contribution in [-0.2, 0) is 11.3 Å². The fraction of sp³-hybridized carbons (Fsp3) is 0.231. The third-order valence-corrected chi connectivity index (χ3v) is 4.65. The van der Waals surface area contributed by atoms with Crippen LogP contribution >= 0.6 is 38.5 Å². The van der Waals surface area contributed by atoms with E-state index in [1.807, 2.05) is 47.7 Å². The van der Waals surface area contributed by atoms with Crippen molar-refractivity contribution >= 4 is 38.5 Å². The number of H-pyrrole nitrogens is 1. The summed E-state index contributed by atoms with van der Waals surface area (Å²) in [6.07, 6.45) is 0. The van der Waals surface area contributed by atoms with E-state index in [1.165, 1.54) is 0 Å². The number of hydrogen-bond donors (Lipinski definition) is 1. The van der Waals surface area contributed by atoms with Crippen molar-refractivity contribution in [3.05, 3.63) is 47.9 Å². The highest BCUT2D eigenvalue weighted by atomic mass is 127. The largest absolute Gasteiger partial charge is 0.378 e. The van der Waals surface area contributed by atoms with Crippen LogP contribution in [0.5, 0.6) is 0 Å². The van der Waals surface area contributed by atoms with Crippen molar-refractivity contribution in [2.45, 2.75) is 13.5 Å². The highest BCUT2D eigenvalue weighted by molar-refractivity contribution is 14.1. The van der Waals surface area contributed by atoms with Gasteiger partial charge in [0.1, 0.15) is 9.39 Å². The molecule has 1 heterocycles. The zero-order valence-corrected chi connectivity index (χ0v) is 14.2. The summed E-state index contributed by atoms with van der Waals surface area (Å²) >= 11 is 5.44. The summed E-state index contributed by atoms with van der Waals surface area (Å²) in [5, 5.41) is 0. The number of nitrogens with one attached hydrogen (secondary N) is 1. The molecule has 0 amide bonds. The molecule has 0 bridgehead atoms. The Hall–Kier alpha value is -0.730. The standard InChI is InChI=1S/C13H12BrIN2O2/c1-7-5-8(3-4-9(7)14)12-16-10(6-19-2)11(15)13(18)17-12/h3-5H,6H2,1-2H3,(H,16,17,18). The Labute approximate surface area is 132 Å². The van der Waals surface area contributed by atoms with Gasteiger partial charge in [0.15, 0.2) is 0 Å². The van der Waals surface area contributed by atoms with Crippen LogP contribution in [0.3, 0.4) is 0 Å². The predicted octanol–water partition coefficient (Wildman–Crippen LogP) is 3.26. The molecular weight excluding hydrogens is 423 g/mol. The van der Waals surface area contributed by atoms with Gasteiger partial charge >= 0.3 is 0 Å². The molecule has 0 saturated carbocycles. The summed E-state index contributed by atoms with van der Waals surface area (Å²) < 4.78 is 6.67. The Bertz CT molecular complexity index is 670. The van der Waals surface area contributed by atoms with Gasteiger partial charge in [0.25, 0.3) is 5.56 Å². The van der Waals surface area contributed by atoms with E-state index in [4.69, 9.17) is 4.74 Å². The van der Waals surface area contributed by atoms with Crippen LogP contribution in [0.4, 0.5) is 0 Å². The van der Waals surface area contributed by atoms with Crippen molar-refractivity contribution in [2.24, 2.45) is 0 Å². The molecule has 1 aromatic carbocycles. The van der Waals surface area contributed by atoms with Gasteiger partial charge in [0.2, 0.25) is 0 Å². The fourth-order valence-corrected chi connectivity index (χ4v) is 2.32. The Morgan fingerprint density at radius 3 is 2.84 bits per heavy atom. The molecule has 1 aromatic heterocycles. The second-order valence-electron chi connectivity index (χ2n) is 4.07. The van der Waals surface area contributed by atoms with Gasteiger partial charge in [0.05, 0.1) is 12.3 Å². The Balaban J connectivity index is 2.56. The van der Waals surface area contributed by atoms with Crippen molar-refractivity contribution in [1.29, 1.82) is 0 Å². The topological polar surface area (TPSA) is 55.0 Å². The van der Waals surface area contributed by atoms with Gasteiger partial charge in [-0.05, 0) is 47.2 Å². The average molecular weight is 435 g/mol. The van der Waals surface area contributed by atoms with Crippen molar-refractivity contribution in [1.82, 2.24) is 9.97 Å². The molecule has 2 rings (SSSR count). The van der Waals surface area contributed by atoms with E-state index in [1.54, 1.807) is 7.11 Å². The number of hydrogen-bond acceptors (Lipinski definition) is 3. The van der Waals surface area contributed by atoms with Crippen LogP contribution in [0.25, 0.3) is 11.4 Å². The third kappa shape index (κ3) is 3.24. The minimum atomic E-state index is -0.141. The molecular formula is C13H12BrIN2O2. The molecule has 0 saturated heterocycles. The first-order chi connectivity index (χ1) is 9.02. The molecule has 19 heavy (non-hydrogen) atoms. The van der Waals surface area contributed by atoms with Gasteiger partial charge in [-0.15, -0.1) is 0 Å². The van der Waals surface area contributed by atoms with E-state index >= 15 is 0 Å². The SMILES string of the molecule is COCc1nc(-c2ccc(Br)c(C)c2)[nH]c(=O)c1I. The van der Waals surface area contributed by atoms with Gasteiger partial charge < -0.3 is 9.72 Å². The van der Waals surface area contributed by atoms with Gasteiger partial charge in [-0.1, -0.05) is 22.0 Å². The summed E-state index contributed by atoms with van der Waals surface area (Å²) in [6.45, 7) is 2.32. The number of methoxy groups -OCH3 is 1. The first-order valence-electron chi connectivity index (χ1n) is 5.57. The molecule has 1 N–H and O–H groups in total. The minimum absolute atomic E-state index is 0.141. The zero-order valence-electron chi connectivity index (χ0n) is 10.5. The lowest BCUT2D eigenvalue weighted by Crippen LogP contribution is -2.16. The lowest BCUT2D eigenvalue weighted by Gasteiger charge is -2.07.